The molecule has 0 heterocycles. The standard InChI is InChI=1S/C3H7NO.Cr/c1-5-3-2-4;/h4H,1-3H2;/q-2;+2. The number of ether oxygens (including phenoxy) is 1. The van der Waals surface area contributed by atoms with E-state index in [1.165, 1.54) is 0 Å². The largest absolute Gasteiger partial charge is 2.00 e. The predicted molar refractivity (Wildman–Crippen MR) is 20.5 cm³/mol. The smallest absolute Gasteiger partial charge is 0.676 e. The van der Waals surface area contributed by atoms with Gasteiger partial charge in [-0.2, -0.15) is 0 Å². The minimum atomic E-state index is 0. The van der Waals surface area contributed by atoms with Crippen LogP contribution in [0.3, 0.4) is 0 Å². The van der Waals surface area contributed by atoms with Gasteiger partial charge in [-0.05, 0) is 6.61 Å². The first-order valence-corrected chi connectivity index (χ1v) is 1.43. The van der Waals surface area contributed by atoms with Crippen molar-refractivity contribution in [2.45, 2.75) is 0 Å². The van der Waals surface area contributed by atoms with Crippen LogP contribution in [0.1, 0.15) is 0 Å². The quantitative estimate of drug-likeness (QED) is 0.503. The van der Waals surface area contributed by atoms with Gasteiger partial charge in [0.15, 0.2) is 0 Å². The van der Waals surface area contributed by atoms with Crippen LogP contribution in [-0.4, -0.2) is 13.2 Å². The van der Waals surface area contributed by atoms with Crippen LogP contribution in [0.5, 0.6) is 0 Å². The van der Waals surface area contributed by atoms with Crippen LogP contribution in [0, 0.1) is 7.11 Å². The Hall–Kier alpha value is 0.452. The van der Waals surface area contributed by atoms with Gasteiger partial charge in [0, 0.05) is 0 Å². The molecule has 0 bridgehead atoms. The molecule has 0 aromatic rings. The van der Waals surface area contributed by atoms with Gasteiger partial charge in [-0.1, -0.05) is 0 Å². The Balaban J connectivity index is 0. The molecule has 0 saturated heterocycles. The van der Waals surface area contributed by atoms with Gasteiger partial charge in [0.1, 0.15) is 0 Å². The molecule has 0 saturated carbocycles. The Labute approximate surface area is 48.8 Å². The fourth-order valence-electron chi connectivity index (χ4n) is 0.0722. The third-order valence-corrected chi connectivity index (χ3v) is 0.246. The van der Waals surface area contributed by atoms with Gasteiger partial charge < -0.3 is 10.5 Å². The first-order valence-electron chi connectivity index (χ1n) is 1.43. The van der Waals surface area contributed by atoms with Gasteiger partial charge in [0.25, 0.3) is 0 Å². The summed E-state index contributed by atoms with van der Waals surface area (Å²) in [7, 11) is 3.06. The average molecular weight is 125 g/mol. The molecule has 0 aliphatic heterocycles. The van der Waals surface area contributed by atoms with Gasteiger partial charge >= 0.3 is 17.4 Å². The van der Waals surface area contributed by atoms with E-state index in [0.717, 1.165) is 0 Å². The van der Waals surface area contributed by atoms with Crippen molar-refractivity contribution in [2.24, 2.45) is 0 Å². The molecular weight excluding hydrogens is 118 g/mol. The average Bonchev–Trinajstić information content (AvgIpc) is 1.41. The first-order chi connectivity index (χ1) is 2.41. The zero-order valence-electron chi connectivity index (χ0n) is 3.44. The van der Waals surface area contributed by atoms with Gasteiger partial charge in [0.2, 0.25) is 0 Å². The Kier molecular flexibility index (Phi) is 14.6. The second kappa shape index (κ2) is 9.07. The van der Waals surface area contributed by atoms with Crippen LogP contribution in [0.15, 0.2) is 0 Å². The third-order valence-electron chi connectivity index (χ3n) is 0.246. The number of hydrogen-bond acceptors (Lipinski definition) is 1. The topological polar surface area (TPSA) is 33.0 Å². The number of hydrogen-bond donors (Lipinski definition) is 0. The van der Waals surface area contributed by atoms with Crippen molar-refractivity contribution in [1.29, 1.82) is 0 Å². The summed E-state index contributed by atoms with van der Waals surface area (Å²) < 4.78 is 4.25. The Morgan fingerprint density at radius 1 is 1.67 bits per heavy atom. The molecule has 0 amide bonds. The van der Waals surface area contributed by atoms with Gasteiger partial charge in [0.05, 0.1) is 0 Å². The van der Waals surface area contributed by atoms with E-state index in [2.05, 4.69) is 11.8 Å². The van der Waals surface area contributed by atoms with Gasteiger partial charge in [-0.15, -0.1) is 6.54 Å². The van der Waals surface area contributed by atoms with E-state index in [1.54, 1.807) is 0 Å². The van der Waals surface area contributed by atoms with Crippen LogP contribution >= 0.6 is 0 Å². The van der Waals surface area contributed by atoms with E-state index >= 15 is 0 Å². The Morgan fingerprint density at radius 2 is 2.17 bits per heavy atom. The second-order valence-electron chi connectivity index (χ2n) is 0.658. The molecule has 2 nitrogen and oxygen atoms in total. The molecule has 0 aromatic carbocycles. The summed E-state index contributed by atoms with van der Waals surface area (Å²) >= 11 is 0. The molecule has 0 rings (SSSR count). The zero-order chi connectivity index (χ0) is 4.12. The maximum absolute atomic E-state index is 6.44. The molecule has 1 N–H and O–H groups in total. The Bertz CT molecular complexity index is 18.3. The molecule has 0 aliphatic carbocycles. The third kappa shape index (κ3) is 8.82. The molecular formula is C3H7CrNO. The van der Waals surface area contributed by atoms with Gasteiger partial charge in [-0.25, -0.2) is 7.11 Å². The van der Waals surface area contributed by atoms with E-state index in [0.29, 0.717) is 13.2 Å². The molecule has 3 heteroatoms. The monoisotopic (exact) mass is 125 g/mol. The zero-order valence-corrected chi connectivity index (χ0v) is 4.71. The number of nitrogens with one attached hydrogen (secondary N) is 1. The maximum Gasteiger partial charge on any atom is 2.00 e. The van der Waals surface area contributed by atoms with E-state index < -0.39 is 0 Å². The summed E-state index contributed by atoms with van der Waals surface area (Å²) in [4.78, 5) is 0. The molecule has 36 valence electrons. The molecule has 0 unspecified atom stereocenters. The van der Waals surface area contributed by atoms with Crippen molar-refractivity contribution in [3.8, 4) is 0 Å². The van der Waals surface area contributed by atoms with Crippen LogP contribution in [0.25, 0.3) is 5.73 Å². The fourth-order valence-corrected chi connectivity index (χ4v) is 0.0722. The number of rotatable bonds is 2. The summed E-state index contributed by atoms with van der Waals surface area (Å²) in [6, 6.07) is 0. The van der Waals surface area contributed by atoms with Crippen molar-refractivity contribution < 1.29 is 22.1 Å². The van der Waals surface area contributed by atoms with Crippen LogP contribution in [-0.2, 0) is 22.1 Å². The second-order valence-corrected chi connectivity index (χ2v) is 0.658. The van der Waals surface area contributed by atoms with Crippen molar-refractivity contribution >= 4 is 0 Å². The SMILES string of the molecule is [CH2-]OCC[NH-].[Cr+2]. The summed E-state index contributed by atoms with van der Waals surface area (Å²) in [6.45, 7) is 0.753. The molecule has 0 fully saturated rings. The van der Waals surface area contributed by atoms with E-state index in [1.807, 2.05) is 0 Å². The predicted octanol–water partition coefficient (Wildman–Crippen LogP) is 0.844. The van der Waals surface area contributed by atoms with Crippen molar-refractivity contribution in [3.05, 3.63) is 12.8 Å². The molecule has 0 atom stereocenters. The molecule has 0 spiro atoms. The van der Waals surface area contributed by atoms with Crippen LogP contribution < -0.4 is 0 Å². The van der Waals surface area contributed by atoms with Gasteiger partial charge in [-0.3, -0.25) is 0 Å². The minimum absolute atomic E-state index is 0. The fraction of sp³-hybridized carbons (Fsp3) is 0.667. The Morgan fingerprint density at radius 3 is 2.17 bits per heavy atom. The van der Waals surface area contributed by atoms with Crippen LogP contribution in [0.2, 0.25) is 0 Å². The summed E-state index contributed by atoms with van der Waals surface area (Å²) in [6.07, 6.45) is 0. The van der Waals surface area contributed by atoms with E-state index in [4.69, 9.17) is 5.73 Å². The maximum atomic E-state index is 6.44. The summed E-state index contributed by atoms with van der Waals surface area (Å²) in [5.41, 5.74) is 6.44. The van der Waals surface area contributed by atoms with Crippen molar-refractivity contribution in [2.75, 3.05) is 13.2 Å². The molecule has 6 heavy (non-hydrogen) atoms. The first kappa shape index (κ1) is 9.68. The van der Waals surface area contributed by atoms with Crippen LogP contribution in [0.4, 0.5) is 0 Å². The minimum Gasteiger partial charge on any atom is -0.676 e. The van der Waals surface area contributed by atoms with E-state index in [-0.39, 0.29) is 17.4 Å². The summed E-state index contributed by atoms with van der Waals surface area (Å²) in [5, 5.41) is 0. The van der Waals surface area contributed by atoms with Crippen molar-refractivity contribution in [3.63, 3.8) is 0 Å². The van der Waals surface area contributed by atoms with Crippen molar-refractivity contribution in [1.82, 2.24) is 0 Å². The molecule has 0 aromatic heterocycles. The molecule has 0 aliphatic rings. The van der Waals surface area contributed by atoms with E-state index in [9.17, 15) is 0 Å². The summed E-state index contributed by atoms with van der Waals surface area (Å²) in [5.74, 6) is 0. The normalized spacial score (nSPS) is 7.00. The molecule has 0 radical (unpaired) electrons.